The number of benzene rings is 2. The molecule has 0 saturated heterocycles. The molecule has 0 amide bonds. The van der Waals surface area contributed by atoms with Gasteiger partial charge in [-0.15, -0.1) is 11.8 Å². The van der Waals surface area contributed by atoms with E-state index in [1.54, 1.807) is 36.4 Å². The van der Waals surface area contributed by atoms with E-state index in [0.29, 0.717) is 17.5 Å². The van der Waals surface area contributed by atoms with Crippen LogP contribution in [-0.2, 0) is 5.75 Å². The molecule has 0 fully saturated rings. The minimum absolute atomic E-state index is 0.186. The average molecular weight is 302 g/mol. The Labute approximate surface area is 124 Å². The summed E-state index contributed by atoms with van der Waals surface area (Å²) < 4.78 is 18.0. The average Bonchev–Trinajstić information content (AvgIpc) is 2.96. The summed E-state index contributed by atoms with van der Waals surface area (Å²) in [6.07, 6.45) is 0. The van der Waals surface area contributed by atoms with Crippen molar-refractivity contribution in [3.05, 3.63) is 60.2 Å². The van der Waals surface area contributed by atoms with Gasteiger partial charge in [0.1, 0.15) is 11.6 Å². The summed E-state index contributed by atoms with van der Waals surface area (Å²) in [5.74, 6) is 1.43. The highest BCUT2D eigenvalue weighted by molar-refractivity contribution is 7.98. The Kier molecular flexibility index (Phi) is 3.87. The third kappa shape index (κ3) is 3.41. The van der Waals surface area contributed by atoms with E-state index < -0.39 is 0 Å². The summed E-state index contributed by atoms with van der Waals surface area (Å²) in [4.78, 5) is 5.23. The lowest BCUT2D eigenvalue weighted by Gasteiger charge is -1.97. The number of nitrogens with zero attached hydrogens (tertiary/aromatic N) is 2. The first kappa shape index (κ1) is 13.6. The molecule has 0 aliphatic rings. The largest absolute Gasteiger partial charge is 0.508 e. The Morgan fingerprint density at radius 1 is 1.05 bits per heavy atom. The molecule has 4 nitrogen and oxygen atoms in total. The first-order chi connectivity index (χ1) is 10.2. The predicted molar refractivity (Wildman–Crippen MR) is 77.4 cm³/mol. The summed E-state index contributed by atoms with van der Waals surface area (Å²) in [5, 5.41) is 13.1. The summed E-state index contributed by atoms with van der Waals surface area (Å²) in [6, 6.07) is 12.8. The number of aromatic nitrogens is 2. The summed E-state index contributed by atoms with van der Waals surface area (Å²) in [5.41, 5.74) is 0.748. The number of rotatable bonds is 4. The van der Waals surface area contributed by atoms with Crippen molar-refractivity contribution in [3.63, 3.8) is 0 Å². The molecule has 3 aromatic rings. The number of phenolic OH excluding ortho intramolecular Hbond substituents is 1. The first-order valence-corrected chi connectivity index (χ1v) is 7.19. The molecule has 6 heteroatoms. The fraction of sp³-hybridized carbons (Fsp3) is 0.0667. The van der Waals surface area contributed by atoms with Crippen LogP contribution in [0.1, 0.15) is 5.82 Å². The van der Waals surface area contributed by atoms with Gasteiger partial charge in [0.05, 0.1) is 5.75 Å². The second-order valence-electron chi connectivity index (χ2n) is 4.31. The maximum atomic E-state index is 12.8. The molecule has 1 N–H and O–H groups in total. The zero-order chi connectivity index (χ0) is 14.7. The molecule has 21 heavy (non-hydrogen) atoms. The van der Waals surface area contributed by atoms with Crippen LogP contribution < -0.4 is 0 Å². The number of hydrogen-bond donors (Lipinski definition) is 1. The SMILES string of the molecule is Oc1ccc(-c2nc(CSc3ccc(F)cc3)no2)cc1. The van der Waals surface area contributed by atoms with Crippen molar-refractivity contribution < 1.29 is 14.0 Å². The number of aromatic hydroxyl groups is 1. The highest BCUT2D eigenvalue weighted by Gasteiger charge is 2.09. The van der Waals surface area contributed by atoms with Gasteiger partial charge in [-0.25, -0.2) is 4.39 Å². The Balaban J connectivity index is 1.67. The summed E-state index contributed by atoms with van der Waals surface area (Å²) in [7, 11) is 0. The molecule has 0 saturated carbocycles. The quantitative estimate of drug-likeness (QED) is 0.741. The number of hydrogen-bond acceptors (Lipinski definition) is 5. The van der Waals surface area contributed by atoms with Gasteiger partial charge in [0.15, 0.2) is 5.82 Å². The highest BCUT2D eigenvalue weighted by atomic mass is 32.2. The van der Waals surface area contributed by atoms with E-state index in [1.165, 1.54) is 23.9 Å². The second kappa shape index (κ2) is 5.97. The van der Waals surface area contributed by atoms with Gasteiger partial charge >= 0.3 is 0 Å². The van der Waals surface area contributed by atoms with Gasteiger partial charge in [-0.3, -0.25) is 0 Å². The first-order valence-electron chi connectivity index (χ1n) is 6.21. The van der Waals surface area contributed by atoms with Crippen LogP contribution in [-0.4, -0.2) is 15.2 Å². The summed E-state index contributed by atoms with van der Waals surface area (Å²) >= 11 is 1.50. The number of halogens is 1. The molecule has 2 aromatic carbocycles. The molecule has 106 valence electrons. The van der Waals surface area contributed by atoms with Crippen LogP contribution in [0.3, 0.4) is 0 Å². The van der Waals surface area contributed by atoms with Crippen LogP contribution in [0, 0.1) is 5.82 Å². The van der Waals surface area contributed by atoms with Gasteiger partial charge in [-0.2, -0.15) is 4.98 Å². The van der Waals surface area contributed by atoms with E-state index in [2.05, 4.69) is 10.1 Å². The molecule has 1 heterocycles. The maximum absolute atomic E-state index is 12.8. The van der Waals surface area contributed by atoms with Crippen molar-refractivity contribution in [1.82, 2.24) is 10.1 Å². The third-order valence-corrected chi connectivity index (χ3v) is 3.77. The van der Waals surface area contributed by atoms with Gasteiger partial charge in [-0.05, 0) is 48.5 Å². The lowest BCUT2D eigenvalue weighted by Crippen LogP contribution is -1.84. The van der Waals surface area contributed by atoms with Gasteiger partial charge in [0.2, 0.25) is 0 Å². The van der Waals surface area contributed by atoms with E-state index >= 15 is 0 Å². The van der Waals surface area contributed by atoms with Gasteiger partial charge in [0.25, 0.3) is 5.89 Å². The number of thioether (sulfide) groups is 1. The molecule has 1 aromatic heterocycles. The molecular formula is C15H11FN2O2S. The monoisotopic (exact) mass is 302 g/mol. The van der Waals surface area contributed by atoms with Crippen molar-refractivity contribution in [2.45, 2.75) is 10.6 Å². The highest BCUT2D eigenvalue weighted by Crippen LogP contribution is 2.24. The van der Waals surface area contributed by atoms with Crippen LogP contribution >= 0.6 is 11.8 Å². The lowest BCUT2D eigenvalue weighted by molar-refractivity contribution is 0.425. The minimum atomic E-state index is -0.256. The van der Waals surface area contributed by atoms with Crippen LogP contribution in [0.5, 0.6) is 5.75 Å². The zero-order valence-electron chi connectivity index (χ0n) is 10.9. The van der Waals surface area contributed by atoms with Crippen molar-refractivity contribution in [2.75, 3.05) is 0 Å². The van der Waals surface area contributed by atoms with Crippen molar-refractivity contribution >= 4 is 11.8 Å². The van der Waals surface area contributed by atoms with Crippen LogP contribution in [0.25, 0.3) is 11.5 Å². The molecule has 0 aliphatic carbocycles. The smallest absolute Gasteiger partial charge is 0.257 e. The molecular weight excluding hydrogens is 291 g/mol. The Hall–Kier alpha value is -2.34. The van der Waals surface area contributed by atoms with Crippen LogP contribution in [0.2, 0.25) is 0 Å². The third-order valence-electron chi connectivity index (χ3n) is 2.76. The van der Waals surface area contributed by atoms with E-state index in [0.717, 1.165) is 10.5 Å². The normalized spacial score (nSPS) is 10.7. The van der Waals surface area contributed by atoms with Crippen LogP contribution in [0.15, 0.2) is 57.9 Å². The van der Waals surface area contributed by atoms with E-state index in [-0.39, 0.29) is 11.6 Å². The van der Waals surface area contributed by atoms with E-state index in [4.69, 9.17) is 4.52 Å². The van der Waals surface area contributed by atoms with E-state index in [1.807, 2.05) is 0 Å². The molecule has 0 bridgehead atoms. The molecule has 0 aliphatic heterocycles. The fourth-order valence-electron chi connectivity index (χ4n) is 1.71. The molecule has 3 rings (SSSR count). The lowest BCUT2D eigenvalue weighted by atomic mass is 10.2. The van der Waals surface area contributed by atoms with Crippen molar-refractivity contribution in [1.29, 1.82) is 0 Å². The van der Waals surface area contributed by atoms with Crippen LogP contribution in [0.4, 0.5) is 4.39 Å². The number of phenols is 1. The molecule has 0 atom stereocenters. The predicted octanol–water partition coefficient (Wildman–Crippen LogP) is 3.87. The Bertz CT molecular complexity index is 726. The second-order valence-corrected chi connectivity index (χ2v) is 5.35. The zero-order valence-corrected chi connectivity index (χ0v) is 11.7. The van der Waals surface area contributed by atoms with Crippen molar-refractivity contribution in [3.8, 4) is 17.2 Å². The Morgan fingerprint density at radius 3 is 2.48 bits per heavy atom. The van der Waals surface area contributed by atoms with Gasteiger partial charge in [-0.1, -0.05) is 5.16 Å². The summed E-state index contributed by atoms with van der Waals surface area (Å²) in [6.45, 7) is 0. The van der Waals surface area contributed by atoms with Gasteiger partial charge in [0, 0.05) is 10.5 Å². The Morgan fingerprint density at radius 2 is 1.76 bits per heavy atom. The van der Waals surface area contributed by atoms with Crippen molar-refractivity contribution in [2.24, 2.45) is 0 Å². The standard InChI is InChI=1S/C15H11FN2O2S/c16-11-3-7-13(8-4-11)21-9-14-17-15(20-18-14)10-1-5-12(19)6-2-10/h1-8,19H,9H2. The van der Waals surface area contributed by atoms with Gasteiger partial charge < -0.3 is 9.63 Å². The topological polar surface area (TPSA) is 59.2 Å². The minimum Gasteiger partial charge on any atom is -0.508 e. The molecule has 0 radical (unpaired) electrons. The maximum Gasteiger partial charge on any atom is 0.257 e. The fourth-order valence-corrected chi connectivity index (χ4v) is 2.45. The molecule has 0 unspecified atom stereocenters. The van der Waals surface area contributed by atoms with E-state index in [9.17, 15) is 9.50 Å². The molecule has 0 spiro atoms.